The summed E-state index contributed by atoms with van der Waals surface area (Å²) in [6.07, 6.45) is 3.11. The first-order valence-electron chi connectivity index (χ1n) is 9.08. The number of likely N-dealkylation sites (tertiary alicyclic amines) is 1. The quantitative estimate of drug-likeness (QED) is 0.856. The minimum absolute atomic E-state index is 0.204. The molecule has 2 rings (SSSR count). The van der Waals surface area contributed by atoms with Gasteiger partial charge < -0.3 is 14.7 Å². The van der Waals surface area contributed by atoms with Crippen LogP contribution in [0.2, 0.25) is 0 Å². The molecule has 1 fully saturated rings. The van der Waals surface area contributed by atoms with Gasteiger partial charge in [-0.2, -0.15) is 0 Å². The lowest BCUT2D eigenvalue weighted by Gasteiger charge is -2.30. The highest BCUT2D eigenvalue weighted by Crippen LogP contribution is 2.34. The summed E-state index contributed by atoms with van der Waals surface area (Å²) in [5.41, 5.74) is 0.893. The summed E-state index contributed by atoms with van der Waals surface area (Å²) in [5.74, 6) is 0.490. The normalized spacial score (nSPS) is 21.5. The molecule has 24 heavy (non-hydrogen) atoms. The van der Waals surface area contributed by atoms with Crippen LogP contribution >= 0.6 is 0 Å². The number of rotatable bonds is 6. The van der Waals surface area contributed by atoms with E-state index in [9.17, 15) is 9.50 Å². The van der Waals surface area contributed by atoms with E-state index in [2.05, 4.69) is 25.7 Å². The van der Waals surface area contributed by atoms with Crippen LogP contribution in [0.15, 0.2) is 24.3 Å². The summed E-state index contributed by atoms with van der Waals surface area (Å²) < 4.78 is 19.0. The molecule has 0 aliphatic carbocycles. The maximum Gasteiger partial charge on any atom is 0.128 e. The molecule has 0 spiro atoms. The second kappa shape index (κ2) is 8.93. The highest BCUT2D eigenvalue weighted by atomic mass is 19.1. The molecule has 0 bridgehead atoms. The highest BCUT2D eigenvalue weighted by molar-refractivity contribution is 5.16. The number of halogens is 1. The molecule has 4 heteroatoms. The van der Waals surface area contributed by atoms with Crippen LogP contribution in [0.1, 0.15) is 45.6 Å². The SMILES string of the molecule is CC(C)(C)C1CCCN(CC(O)COCc2ccccc2F)CC1. The zero-order valence-corrected chi connectivity index (χ0v) is 15.3. The van der Waals surface area contributed by atoms with Crippen LogP contribution < -0.4 is 0 Å². The predicted molar refractivity (Wildman–Crippen MR) is 95.3 cm³/mol. The third-order valence-electron chi connectivity index (χ3n) is 5.04. The lowest BCUT2D eigenvalue weighted by molar-refractivity contribution is 0.00929. The van der Waals surface area contributed by atoms with Gasteiger partial charge in [-0.05, 0) is 49.8 Å². The highest BCUT2D eigenvalue weighted by Gasteiger charge is 2.27. The first kappa shape index (κ1) is 19.4. The molecule has 1 aliphatic heterocycles. The monoisotopic (exact) mass is 337 g/mol. The Hall–Kier alpha value is -0.970. The first-order chi connectivity index (χ1) is 11.4. The van der Waals surface area contributed by atoms with Gasteiger partial charge in [0.2, 0.25) is 0 Å². The number of benzene rings is 1. The Balaban J connectivity index is 1.70. The molecule has 2 unspecified atom stereocenters. The minimum Gasteiger partial charge on any atom is -0.389 e. The van der Waals surface area contributed by atoms with Crippen molar-refractivity contribution < 1.29 is 14.2 Å². The van der Waals surface area contributed by atoms with Crippen molar-refractivity contribution in [3.63, 3.8) is 0 Å². The molecule has 0 aromatic heterocycles. The van der Waals surface area contributed by atoms with Crippen LogP contribution in [-0.2, 0) is 11.3 Å². The van der Waals surface area contributed by atoms with Crippen molar-refractivity contribution in [2.45, 2.75) is 52.7 Å². The average Bonchev–Trinajstić information content (AvgIpc) is 2.74. The zero-order chi connectivity index (χ0) is 17.6. The fourth-order valence-electron chi connectivity index (χ4n) is 3.48. The van der Waals surface area contributed by atoms with Crippen molar-refractivity contribution in [2.75, 3.05) is 26.2 Å². The van der Waals surface area contributed by atoms with Crippen LogP contribution in [0, 0.1) is 17.2 Å². The van der Waals surface area contributed by atoms with Crippen molar-refractivity contribution >= 4 is 0 Å². The summed E-state index contributed by atoms with van der Waals surface area (Å²) in [6, 6.07) is 6.60. The van der Waals surface area contributed by atoms with E-state index >= 15 is 0 Å². The Morgan fingerprint density at radius 1 is 1.25 bits per heavy atom. The molecule has 1 aromatic rings. The maximum atomic E-state index is 13.5. The molecule has 0 radical (unpaired) electrons. The fraction of sp³-hybridized carbons (Fsp3) is 0.700. The Kier molecular flexibility index (Phi) is 7.20. The van der Waals surface area contributed by atoms with Crippen molar-refractivity contribution in [1.29, 1.82) is 0 Å². The van der Waals surface area contributed by atoms with Crippen molar-refractivity contribution in [3.8, 4) is 0 Å². The zero-order valence-electron chi connectivity index (χ0n) is 15.3. The van der Waals surface area contributed by atoms with E-state index in [0.29, 0.717) is 17.5 Å². The number of hydrogen-bond acceptors (Lipinski definition) is 3. The molecule has 1 saturated heterocycles. The molecule has 1 aliphatic rings. The summed E-state index contributed by atoms with van der Waals surface area (Å²) >= 11 is 0. The smallest absolute Gasteiger partial charge is 0.128 e. The van der Waals surface area contributed by atoms with Crippen molar-refractivity contribution in [2.24, 2.45) is 11.3 Å². The van der Waals surface area contributed by atoms with Gasteiger partial charge in [0, 0.05) is 12.1 Å². The Bertz CT molecular complexity index is 501. The number of hydrogen-bond donors (Lipinski definition) is 1. The maximum absolute atomic E-state index is 13.5. The van der Waals surface area contributed by atoms with Crippen LogP contribution in [0.5, 0.6) is 0 Å². The van der Waals surface area contributed by atoms with Crippen LogP contribution in [0.3, 0.4) is 0 Å². The molecule has 0 amide bonds. The lowest BCUT2D eigenvalue weighted by atomic mass is 9.77. The largest absolute Gasteiger partial charge is 0.389 e. The minimum atomic E-state index is -0.525. The molecule has 2 atom stereocenters. The van der Waals surface area contributed by atoms with Gasteiger partial charge in [0.25, 0.3) is 0 Å². The van der Waals surface area contributed by atoms with E-state index in [-0.39, 0.29) is 19.0 Å². The second-order valence-corrected chi connectivity index (χ2v) is 8.05. The van der Waals surface area contributed by atoms with E-state index < -0.39 is 6.10 Å². The summed E-state index contributed by atoms with van der Waals surface area (Å²) in [6.45, 7) is 10.1. The van der Waals surface area contributed by atoms with E-state index in [1.807, 2.05) is 0 Å². The Labute approximate surface area is 145 Å². The number of nitrogens with zero attached hydrogens (tertiary/aromatic N) is 1. The van der Waals surface area contributed by atoms with Gasteiger partial charge in [-0.15, -0.1) is 0 Å². The summed E-state index contributed by atoms with van der Waals surface area (Å²) in [4.78, 5) is 2.34. The van der Waals surface area contributed by atoms with Gasteiger partial charge >= 0.3 is 0 Å². The second-order valence-electron chi connectivity index (χ2n) is 8.05. The van der Waals surface area contributed by atoms with Gasteiger partial charge in [0.05, 0.1) is 19.3 Å². The van der Waals surface area contributed by atoms with Crippen molar-refractivity contribution in [1.82, 2.24) is 4.90 Å². The Morgan fingerprint density at radius 3 is 2.71 bits per heavy atom. The molecular formula is C20H32FNO2. The van der Waals surface area contributed by atoms with Gasteiger partial charge in [-0.25, -0.2) is 4.39 Å². The van der Waals surface area contributed by atoms with Gasteiger partial charge in [0.1, 0.15) is 5.82 Å². The molecule has 1 aromatic carbocycles. The van der Waals surface area contributed by atoms with Crippen LogP contribution in [0.25, 0.3) is 0 Å². The topological polar surface area (TPSA) is 32.7 Å². The van der Waals surface area contributed by atoms with Gasteiger partial charge in [0.15, 0.2) is 0 Å². The fourth-order valence-corrected chi connectivity index (χ4v) is 3.48. The molecule has 136 valence electrons. The molecule has 0 saturated carbocycles. The number of ether oxygens (including phenoxy) is 1. The average molecular weight is 337 g/mol. The predicted octanol–water partition coefficient (Wildman–Crippen LogP) is 3.85. The van der Waals surface area contributed by atoms with E-state index in [1.165, 1.54) is 25.3 Å². The first-order valence-corrected chi connectivity index (χ1v) is 9.08. The van der Waals surface area contributed by atoms with Crippen molar-refractivity contribution in [3.05, 3.63) is 35.6 Å². The van der Waals surface area contributed by atoms with Gasteiger partial charge in [-0.3, -0.25) is 0 Å². The third-order valence-corrected chi connectivity index (χ3v) is 5.04. The summed E-state index contributed by atoms with van der Waals surface area (Å²) in [7, 11) is 0. The molecule has 3 nitrogen and oxygen atoms in total. The van der Waals surface area contributed by atoms with E-state index in [0.717, 1.165) is 19.0 Å². The van der Waals surface area contributed by atoms with E-state index in [4.69, 9.17) is 4.74 Å². The number of aliphatic hydroxyl groups excluding tert-OH is 1. The van der Waals surface area contributed by atoms with E-state index in [1.54, 1.807) is 18.2 Å². The van der Waals surface area contributed by atoms with Gasteiger partial charge in [-0.1, -0.05) is 39.0 Å². The van der Waals surface area contributed by atoms with Crippen LogP contribution in [-0.4, -0.2) is 42.4 Å². The molecular weight excluding hydrogens is 305 g/mol. The third kappa shape index (κ3) is 6.15. The molecule has 1 N–H and O–H groups in total. The molecule has 1 heterocycles. The lowest BCUT2D eigenvalue weighted by Crippen LogP contribution is -2.36. The number of β-amino-alcohol motifs (C(OH)–C–C–N with tert-alkyl or cyclic N) is 1. The van der Waals surface area contributed by atoms with Crippen LogP contribution in [0.4, 0.5) is 4.39 Å². The Morgan fingerprint density at radius 2 is 2.00 bits per heavy atom. The standard InChI is InChI=1S/C20H32FNO2/c1-20(2,3)17-8-6-11-22(12-10-17)13-18(23)15-24-14-16-7-4-5-9-19(16)21/h4-5,7,9,17-18,23H,6,8,10-15H2,1-3H3. The number of aliphatic hydroxyl groups is 1. The summed E-state index contributed by atoms with van der Waals surface area (Å²) in [5, 5.41) is 10.2.